The van der Waals surface area contributed by atoms with Crippen molar-refractivity contribution in [2.75, 3.05) is 7.05 Å². The van der Waals surface area contributed by atoms with Crippen LogP contribution in [0.3, 0.4) is 0 Å². The number of rotatable bonds is 6. The van der Waals surface area contributed by atoms with Crippen LogP contribution in [-0.4, -0.2) is 34.6 Å². The zero-order chi connectivity index (χ0) is 16.0. The maximum Gasteiger partial charge on any atom is 0.329 e. The van der Waals surface area contributed by atoms with Crippen molar-refractivity contribution in [1.82, 2.24) is 10.2 Å². The Balaban J connectivity index is 2.74. The number of hydrogen-bond acceptors (Lipinski definition) is 2. The maximum absolute atomic E-state index is 13.5. The van der Waals surface area contributed by atoms with E-state index in [-0.39, 0.29) is 6.54 Å². The Bertz CT molecular complexity index is 521. The van der Waals surface area contributed by atoms with E-state index in [1.807, 2.05) is 6.92 Å². The molecular formula is C15H21FN2O3. The number of carbonyl (C=O) groups is 2. The van der Waals surface area contributed by atoms with Crippen molar-refractivity contribution in [3.8, 4) is 0 Å². The van der Waals surface area contributed by atoms with Gasteiger partial charge in [0, 0.05) is 19.2 Å². The van der Waals surface area contributed by atoms with Crippen molar-refractivity contribution in [3.63, 3.8) is 0 Å². The van der Waals surface area contributed by atoms with Gasteiger partial charge in [-0.05, 0) is 19.4 Å². The molecule has 0 aliphatic heterocycles. The van der Waals surface area contributed by atoms with E-state index in [1.165, 1.54) is 24.9 Å². The molecule has 0 fully saturated rings. The number of carbonyl (C=O) groups excluding carboxylic acids is 1. The number of urea groups is 1. The number of halogens is 1. The van der Waals surface area contributed by atoms with E-state index in [0.29, 0.717) is 18.4 Å². The highest BCUT2D eigenvalue weighted by molar-refractivity contribution is 5.85. The summed E-state index contributed by atoms with van der Waals surface area (Å²) >= 11 is 0. The molecule has 0 saturated carbocycles. The third-order valence-electron chi connectivity index (χ3n) is 3.32. The van der Waals surface area contributed by atoms with E-state index in [9.17, 15) is 19.1 Å². The fourth-order valence-electron chi connectivity index (χ4n) is 2.01. The maximum atomic E-state index is 13.5. The van der Waals surface area contributed by atoms with Crippen LogP contribution in [0.1, 0.15) is 32.3 Å². The van der Waals surface area contributed by atoms with Crippen molar-refractivity contribution < 1.29 is 19.1 Å². The number of nitrogens with one attached hydrogen (secondary N) is 1. The van der Waals surface area contributed by atoms with Gasteiger partial charge in [-0.1, -0.05) is 31.5 Å². The second-order valence-corrected chi connectivity index (χ2v) is 5.26. The lowest BCUT2D eigenvalue weighted by molar-refractivity contribution is -0.144. The average molecular weight is 296 g/mol. The molecule has 1 aromatic carbocycles. The van der Waals surface area contributed by atoms with Gasteiger partial charge in [0.15, 0.2) is 0 Å². The summed E-state index contributed by atoms with van der Waals surface area (Å²) < 4.78 is 13.5. The highest BCUT2D eigenvalue weighted by Gasteiger charge is 2.34. The summed E-state index contributed by atoms with van der Waals surface area (Å²) in [6.07, 6.45) is 0.946. The van der Waals surface area contributed by atoms with Gasteiger partial charge in [0.25, 0.3) is 0 Å². The van der Waals surface area contributed by atoms with Crippen LogP contribution in [0, 0.1) is 5.82 Å². The highest BCUT2D eigenvalue weighted by atomic mass is 19.1. The molecule has 0 heterocycles. The first-order valence-corrected chi connectivity index (χ1v) is 6.80. The smallest absolute Gasteiger partial charge is 0.329 e. The first-order chi connectivity index (χ1) is 9.80. The molecule has 1 unspecified atom stereocenters. The van der Waals surface area contributed by atoms with Crippen molar-refractivity contribution >= 4 is 12.0 Å². The van der Waals surface area contributed by atoms with E-state index in [1.54, 1.807) is 18.2 Å². The highest BCUT2D eigenvalue weighted by Crippen LogP contribution is 2.14. The number of benzene rings is 1. The van der Waals surface area contributed by atoms with Gasteiger partial charge in [-0.3, -0.25) is 0 Å². The molecule has 0 aromatic heterocycles. The van der Waals surface area contributed by atoms with Crippen LogP contribution in [0.5, 0.6) is 0 Å². The quantitative estimate of drug-likeness (QED) is 0.847. The zero-order valence-electron chi connectivity index (χ0n) is 12.5. The van der Waals surface area contributed by atoms with Crippen molar-refractivity contribution in [3.05, 3.63) is 35.6 Å². The first-order valence-electron chi connectivity index (χ1n) is 6.80. The Morgan fingerprint density at radius 1 is 1.38 bits per heavy atom. The Kier molecular flexibility index (Phi) is 5.69. The van der Waals surface area contributed by atoms with Crippen LogP contribution in [0.2, 0.25) is 0 Å². The van der Waals surface area contributed by atoms with Gasteiger partial charge in [0.1, 0.15) is 11.4 Å². The van der Waals surface area contributed by atoms with Gasteiger partial charge in [0.05, 0.1) is 0 Å². The standard InChI is InChI=1S/C15H21FN2O3/c1-4-9-15(2,13(19)20)17-14(21)18(3)10-11-7-5-6-8-12(11)16/h5-8H,4,9-10H2,1-3H3,(H,17,21)(H,19,20). The monoisotopic (exact) mass is 296 g/mol. The predicted octanol–water partition coefficient (Wildman–Crippen LogP) is 2.61. The van der Waals surface area contributed by atoms with Crippen LogP contribution in [-0.2, 0) is 11.3 Å². The lowest BCUT2D eigenvalue weighted by Gasteiger charge is -2.29. The Morgan fingerprint density at radius 3 is 2.52 bits per heavy atom. The van der Waals surface area contributed by atoms with Gasteiger partial charge in [-0.25, -0.2) is 14.0 Å². The minimum atomic E-state index is -1.32. The van der Waals surface area contributed by atoms with E-state index in [0.717, 1.165) is 0 Å². The van der Waals surface area contributed by atoms with Crippen LogP contribution >= 0.6 is 0 Å². The third kappa shape index (κ3) is 4.44. The normalized spacial score (nSPS) is 13.3. The van der Waals surface area contributed by atoms with Gasteiger partial charge in [0.2, 0.25) is 0 Å². The van der Waals surface area contributed by atoms with Crippen molar-refractivity contribution in [2.24, 2.45) is 0 Å². The third-order valence-corrected chi connectivity index (χ3v) is 3.32. The molecule has 2 amide bonds. The molecule has 6 heteroatoms. The summed E-state index contributed by atoms with van der Waals surface area (Å²) in [5, 5.41) is 11.7. The molecule has 0 radical (unpaired) electrons. The molecule has 1 atom stereocenters. The van der Waals surface area contributed by atoms with E-state index < -0.39 is 23.4 Å². The summed E-state index contributed by atoms with van der Waals surface area (Å²) in [5.41, 5.74) is -0.947. The van der Waals surface area contributed by atoms with Crippen molar-refractivity contribution in [2.45, 2.75) is 38.8 Å². The number of aliphatic carboxylic acids is 1. The van der Waals surface area contributed by atoms with E-state index >= 15 is 0 Å². The average Bonchev–Trinajstić information content (AvgIpc) is 2.41. The second-order valence-electron chi connectivity index (χ2n) is 5.26. The number of hydrogen-bond donors (Lipinski definition) is 2. The minimum absolute atomic E-state index is 0.0698. The first kappa shape index (κ1) is 16.9. The molecular weight excluding hydrogens is 275 g/mol. The molecule has 0 bridgehead atoms. The van der Waals surface area contributed by atoms with E-state index in [4.69, 9.17) is 0 Å². The summed E-state index contributed by atoms with van der Waals surface area (Å²) in [6, 6.07) is 5.61. The summed E-state index contributed by atoms with van der Waals surface area (Å²) in [6.45, 7) is 3.38. The van der Waals surface area contributed by atoms with Crippen LogP contribution < -0.4 is 5.32 Å². The fraction of sp³-hybridized carbons (Fsp3) is 0.467. The number of carboxylic acid groups (broad SMARTS) is 1. The Hall–Kier alpha value is -2.11. The lowest BCUT2D eigenvalue weighted by Crippen LogP contribution is -2.55. The topological polar surface area (TPSA) is 69.6 Å². The Morgan fingerprint density at radius 2 is 2.00 bits per heavy atom. The molecule has 116 valence electrons. The summed E-state index contributed by atoms with van der Waals surface area (Å²) in [5.74, 6) is -1.48. The van der Waals surface area contributed by atoms with Gasteiger partial charge < -0.3 is 15.3 Å². The molecule has 2 N–H and O–H groups in total. The van der Waals surface area contributed by atoms with E-state index in [2.05, 4.69) is 5.32 Å². The van der Waals surface area contributed by atoms with Crippen molar-refractivity contribution in [1.29, 1.82) is 0 Å². The number of carboxylic acids is 1. The molecule has 21 heavy (non-hydrogen) atoms. The van der Waals surface area contributed by atoms with Crippen LogP contribution in [0.15, 0.2) is 24.3 Å². The van der Waals surface area contributed by atoms with Gasteiger partial charge >= 0.3 is 12.0 Å². The molecule has 1 aromatic rings. The van der Waals surface area contributed by atoms with Gasteiger partial charge in [-0.15, -0.1) is 0 Å². The number of nitrogens with zero attached hydrogens (tertiary/aromatic N) is 1. The minimum Gasteiger partial charge on any atom is -0.480 e. The molecule has 5 nitrogen and oxygen atoms in total. The van der Waals surface area contributed by atoms with Gasteiger partial charge in [-0.2, -0.15) is 0 Å². The van der Waals surface area contributed by atoms with Crippen LogP contribution in [0.4, 0.5) is 9.18 Å². The summed E-state index contributed by atoms with van der Waals surface area (Å²) in [7, 11) is 1.50. The Labute approximate surface area is 123 Å². The fourth-order valence-corrected chi connectivity index (χ4v) is 2.01. The lowest BCUT2D eigenvalue weighted by atomic mass is 9.96. The molecule has 1 rings (SSSR count). The molecule has 0 aliphatic carbocycles. The molecule has 0 saturated heterocycles. The molecule has 0 spiro atoms. The van der Waals surface area contributed by atoms with Crippen LogP contribution in [0.25, 0.3) is 0 Å². The molecule has 0 aliphatic rings. The largest absolute Gasteiger partial charge is 0.480 e. The SMILES string of the molecule is CCCC(C)(NC(=O)N(C)Cc1ccccc1F)C(=O)O. The number of amides is 2. The zero-order valence-corrected chi connectivity index (χ0v) is 12.5. The summed E-state index contributed by atoms with van der Waals surface area (Å²) in [4.78, 5) is 24.6. The predicted molar refractivity (Wildman–Crippen MR) is 77.3 cm³/mol. The second kappa shape index (κ2) is 7.06.